The highest BCUT2D eigenvalue weighted by Crippen LogP contribution is 2.27. The largest absolute Gasteiger partial charge is 0.508 e. The van der Waals surface area contributed by atoms with Gasteiger partial charge in [-0.1, -0.05) is 54.5 Å². The van der Waals surface area contributed by atoms with Gasteiger partial charge >= 0.3 is 11.9 Å². The summed E-state index contributed by atoms with van der Waals surface area (Å²) in [5, 5.41) is 108. The number of nitrogens with one attached hydrogen (secondary N) is 3. The first kappa shape index (κ1) is 61.8. The highest BCUT2D eigenvalue weighted by molar-refractivity contribution is 8.76. The average molecular weight is 1060 g/mol. The summed E-state index contributed by atoms with van der Waals surface area (Å²) in [5.41, 5.74) is 0.751. The lowest BCUT2D eigenvalue weighted by Crippen LogP contribution is -2.64. The van der Waals surface area contributed by atoms with Gasteiger partial charge in [-0.2, -0.15) is 0 Å². The predicted molar refractivity (Wildman–Crippen MR) is 252 cm³/mol. The van der Waals surface area contributed by atoms with Crippen molar-refractivity contribution in [2.24, 2.45) is 0 Å². The molecule has 406 valence electrons. The number of hydrogen-bond acceptors (Lipinski definition) is 23. The Balaban J connectivity index is 0.000000446. The normalized spacial score (nSPS) is 30.5. The molecule has 1 aromatic carbocycles. The van der Waals surface area contributed by atoms with Crippen LogP contribution in [0.5, 0.6) is 5.75 Å². The second-order valence-corrected chi connectivity index (χ2v) is 19.7. The van der Waals surface area contributed by atoms with E-state index in [1.165, 1.54) is 33.7 Å². The highest BCUT2D eigenvalue weighted by atomic mass is 33.1. The summed E-state index contributed by atoms with van der Waals surface area (Å²) in [5.74, 6) is -0.824. The molecule has 3 amide bonds. The Morgan fingerprint density at radius 2 is 0.944 bits per heavy atom. The molecular formula is C45H73N3O21S2. The molecule has 71 heavy (non-hydrogen) atoms. The second-order valence-electron chi connectivity index (χ2n) is 17.0. The number of carbonyl (C=O) groups is 5. The Labute approximate surface area is 419 Å². The van der Waals surface area contributed by atoms with Crippen molar-refractivity contribution in [3.05, 3.63) is 29.8 Å². The topological polar surface area (TPSA) is 379 Å². The van der Waals surface area contributed by atoms with E-state index in [0.29, 0.717) is 43.6 Å². The van der Waals surface area contributed by atoms with E-state index in [-0.39, 0.29) is 63.6 Å². The van der Waals surface area contributed by atoms with Gasteiger partial charge in [-0.15, -0.1) is 0 Å². The van der Waals surface area contributed by atoms with Crippen molar-refractivity contribution in [1.29, 1.82) is 0 Å². The number of ether oxygens (including phenoxy) is 6. The molecule has 3 saturated heterocycles. The Hall–Kier alpha value is -3.45. The maximum atomic E-state index is 12.1. The van der Waals surface area contributed by atoms with Gasteiger partial charge in [-0.25, -0.2) is 0 Å². The van der Waals surface area contributed by atoms with Crippen LogP contribution in [-0.4, -0.2) is 204 Å². The van der Waals surface area contributed by atoms with Crippen molar-refractivity contribution in [3.8, 4) is 5.75 Å². The lowest BCUT2D eigenvalue weighted by Gasteiger charge is -2.42. The molecule has 3 heterocycles. The van der Waals surface area contributed by atoms with Gasteiger partial charge in [-0.3, -0.25) is 24.0 Å². The standard InChI is InChI=1S/C28H48N2O14S2.C17H25NO7/c1-3-7-17(31)29-21-25(37)23(35)15(43-27(21)39)13-41-19(33)9-5-11-45-46-12-6-10-20(34)42-14-16-24(36)26(38)22(28(40)44-16)30-18(32)8-4-2;1-2-3-13(21)18-14-16(23)15(22)12(8-19)25-17(14)24-9-10-4-6-11(20)7-5-10/h15-16,21-28,35-40H,3-14H2,1-2H3,(H,29,31)(H,30,32);4-7,12,14-17,19-20,22-23H,2-3,8-9H2,1H3,(H,18,21)/t15-,16-,21-,22-,23-,24-,25-,26-,27?,28?;12-,14-,15-,16-,17?/m11/s1. The highest BCUT2D eigenvalue weighted by Gasteiger charge is 2.47. The van der Waals surface area contributed by atoms with Crippen LogP contribution in [0.2, 0.25) is 0 Å². The first-order valence-corrected chi connectivity index (χ1v) is 26.2. The Morgan fingerprint density at radius 1 is 0.549 bits per heavy atom. The van der Waals surface area contributed by atoms with Crippen molar-refractivity contribution >= 4 is 51.2 Å². The molecule has 0 aromatic heterocycles. The molecule has 26 heteroatoms. The van der Waals surface area contributed by atoms with E-state index in [1.807, 2.05) is 6.92 Å². The molecule has 15 atom stereocenters. The Bertz CT molecular complexity index is 1680. The van der Waals surface area contributed by atoms with Crippen LogP contribution in [0.1, 0.15) is 90.5 Å². The smallest absolute Gasteiger partial charge is 0.305 e. The summed E-state index contributed by atoms with van der Waals surface area (Å²) in [7, 11) is 3.00. The zero-order chi connectivity index (χ0) is 52.6. The van der Waals surface area contributed by atoms with E-state index in [2.05, 4.69) is 16.0 Å². The van der Waals surface area contributed by atoms with Crippen LogP contribution in [0, 0.1) is 0 Å². The summed E-state index contributed by atoms with van der Waals surface area (Å²) in [6, 6.07) is 2.96. The fourth-order valence-corrected chi connectivity index (χ4v) is 9.42. The molecule has 13 N–H and O–H groups in total. The van der Waals surface area contributed by atoms with E-state index in [1.54, 1.807) is 26.0 Å². The second kappa shape index (κ2) is 32.7. The van der Waals surface area contributed by atoms with Gasteiger partial charge in [0, 0.05) is 43.6 Å². The molecule has 3 aliphatic rings. The van der Waals surface area contributed by atoms with Gasteiger partial charge in [0.25, 0.3) is 0 Å². The number of aliphatic hydroxyl groups excluding tert-OH is 9. The zero-order valence-corrected chi connectivity index (χ0v) is 41.7. The zero-order valence-electron chi connectivity index (χ0n) is 40.1. The third-order valence-electron chi connectivity index (χ3n) is 11.2. The summed E-state index contributed by atoms with van der Waals surface area (Å²) in [6.45, 7) is 4.29. The van der Waals surface area contributed by atoms with Crippen LogP contribution in [0.25, 0.3) is 0 Å². The Kier molecular flexibility index (Phi) is 28.5. The van der Waals surface area contributed by atoms with Gasteiger partial charge < -0.3 is 95.4 Å². The van der Waals surface area contributed by atoms with Crippen LogP contribution in [0.15, 0.2) is 24.3 Å². The maximum absolute atomic E-state index is 12.1. The predicted octanol–water partition coefficient (Wildman–Crippen LogP) is -1.90. The van der Waals surface area contributed by atoms with Gasteiger partial charge in [-0.05, 0) is 49.8 Å². The van der Waals surface area contributed by atoms with Crippen LogP contribution >= 0.6 is 21.6 Å². The van der Waals surface area contributed by atoms with Crippen LogP contribution in [0.3, 0.4) is 0 Å². The third kappa shape index (κ3) is 20.8. The first-order chi connectivity index (χ1) is 33.8. The minimum Gasteiger partial charge on any atom is -0.508 e. The van der Waals surface area contributed by atoms with Crippen molar-refractivity contribution in [1.82, 2.24) is 16.0 Å². The van der Waals surface area contributed by atoms with Gasteiger partial charge in [0.05, 0.1) is 13.2 Å². The molecule has 4 rings (SSSR count). The summed E-state index contributed by atoms with van der Waals surface area (Å²) in [4.78, 5) is 59.6. The molecule has 1 aromatic rings. The van der Waals surface area contributed by atoms with Gasteiger partial charge in [0.1, 0.15) is 92.0 Å². The molecule has 0 saturated carbocycles. The fraction of sp³-hybridized carbons (Fsp3) is 0.756. The van der Waals surface area contributed by atoms with Crippen molar-refractivity contribution in [2.45, 2.75) is 184 Å². The number of rotatable bonds is 26. The van der Waals surface area contributed by atoms with Crippen molar-refractivity contribution < 1.29 is 103 Å². The molecular weight excluding hydrogens is 983 g/mol. The number of phenols is 1. The average Bonchev–Trinajstić information content (AvgIpc) is 3.33. The number of hydrogen-bond donors (Lipinski definition) is 13. The number of benzene rings is 1. The van der Waals surface area contributed by atoms with Crippen LogP contribution in [0.4, 0.5) is 0 Å². The summed E-state index contributed by atoms with van der Waals surface area (Å²) >= 11 is 0. The number of amides is 3. The quantitative estimate of drug-likeness (QED) is 0.0274. The molecule has 24 nitrogen and oxygen atoms in total. The molecule has 0 spiro atoms. The minimum absolute atomic E-state index is 0.0911. The number of aliphatic hydroxyl groups is 9. The SMILES string of the molecule is CCCC(=O)N[C@H]1C(O)O[C@H](COC(=O)CCCSSCCCC(=O)OC[C@H]2OC(O)[C@H](NC(=O)CCC)[C@@H](O)[C@@H]2O)[C@@H](O)[C@@H]1O.CCCC(=O)N[C@H]1C(OCc2ccc(O)cc2)O[C@H](CO)[C@@H](O)[C@@H]1O. The number of esters is 2. The number of carbonyl (C=O) groups excluding carboxylic acids is 5. The van der Waals surface area contributed by atoms with E-state index >= 15 is 0 Å². The molecule has 3 unspecified atom stereocenters. The van der Waals surface area contributed by atoms with E-state index in [4.69, 9.17) is 28.4 Å². The van der Waals surface area contributed by atoms with Crippen molar-refractivity contribution in [2.75, 3.05) is 31.3 Å². The lowest BCUT2D eigenvalue weighted by molar-refractivity contribution is -0.273. The molecule has 0 aliphatic carbocycles. The van der Waals surface area contributed by atoms with E-state index < -0.39 is 122 Å². The number of phenolic OH excluding ortho intramolecular Hbond substituents is 1. The van der Waals surface area contributed by atoms with Crippen LogP contribution < -0.4 is 16.0 Å². The number of aromatic hydroxyl groups is 1. The Morgan fingerprint density at radius 3 is 1.35 bits per heavy atom. The van der Waals surface area contributed by atoms with E-state index in [9.17, 15) is 75.0 Å². The summed E-state index contributed by atoms with van der Waals surface area (Å²) < 4.78 is 31.9. The van der Waals surface area contributed by atoms with Crippen molar-refractivity contribution in [3.63, 3.8) is 0 Å². The first-order valence-electron chi connectivity index (χ1n) is 23.7. The van der Waals surface area contributed by atoms with Crippen LogP contribution in [-0.2, 0) is 59.0 Å². The van der Waals surface area contributed by atoms with E-state index in [0.717, 1.165) is 5.56 Å². The molecule has 3 fully saturated rings. The molecule has 0 radical (unpaired) electrons. The third-order valence-corrected chi connectivity index (χ3v) is 13.8. The van der Waals surface area contributed by atoms with Gasteiger partial charge in [0.15, 0.2) is 18.9 Å². The summed E-state index contributed by atoms with van der Waals surface area (Å²) in [6.07, 6.45) is -12.6. The maximum Gasteiger partial charge on any atom is 0.305 e. The molecule has 3 aliphatic heterocycles. The minimum atomic E-state index is -1.58. The monoisotopic (exact) mass is 1060 g/mol. The van der Waals surface area contributed by atoms with Gasteiger partial charge in [0.2, 0.25) is 17.7 Å². The molecule has 0 bridgehead atoms. The fourth-order valence-electron chi connectivity index (χ4n) is 7.25. The lowest BCUT2D eigenvalue weighted by atomic mass is 9.96.